The maximum atomic E-state index is 13.3. The summed E-state index contributed by atoms with van der Waals surface area (Å²) in [5.74, 6) is 0.811. The highest BCUT2D eigenvalue weighted by Gasteiger charge is 2.30. The number of ether oxygens (including phenoxy) is 2. The number of nitrogens with zero attached hydrogens (tertiary/aromatic N) is 5. The van der Waals surface area contributed by atoms with E-state index < -0.39 is 0 Å². The molecular weight excluding hydrogens is 484 g/mol. The fraction of sp³-hybridized carbons (Fsp3) is 0.429. The van der Waals surface area contributed by atoms with E-state index in [0.29, 0.717) is 37.8 Å². The Labute approximate surface area is 222 Å². The van der Waals surface area contributed by atoms with E-state index in [1.165, 1.54) is 6.08 Å². The van der Waals surface area contributed by atoms with Crippen molar-refractivity contribution in [1.82, 2.24) is 19.4 Å². The Bertz CT molecular complexity index is 1350. The van der Waals surface area contributed by atoms with E-state index >= 15 is 0 Å². The van der Waals surface area contributed by atoms with Crippen LogP contribution in [0.15, 0.2) is 43.1 Å². The summed E-state index contributed by atoms with van der Waals surface area (Å²) in [5.41, 5.74) is 3.78. The number of anilines is 2. The average molecular weight is 519 g/mol. The highest BCUT2D eigenvalue weighted by atomic mass is 16.5. The first kappa shape index (κ1) is 25.7. The molecule has 0 bridgehead atoms. The number of aryl methyl sites for hydroxylation is 1. The van der Waals surface area contributed by atoms with Gasteiger partial charge in [0.1, 0.15) is 12.1 Å². The number of rotatable bonds is 7. The van der Waals surface area contributed by atoms with Crippen LogP contribution in [0.2, 0.25) is 0 Å². The minimum absolute atomic E-state index is 0.0943. The number of carbonyl (C=O) groups excluding carboxylic acids is 2. The third kappa shape index (κ3) is 5.08. The zero-order valence-electron chi connectivity index (χ0n) is 22.0. The second-order valence-corrected chi connectivity index (χ2v) is 9.69. The van der Waals surface area contributed by atoms with Crippen molar-refractivity contribution < 1.29 is 19.1 Å². The highest BCUT2D eigenvalue weighted by Crippen LogP contribution is 2.42. The van der Waals surface area contributed by atoms with Crippen molar-refractivity contribution in [3.05, 3.63) is 54.4 Å². The van der Waals surface area contributed by atoms with Crippen LogP contribution in [0, 0.1) is 6.92 Å². The molecule has 0 unspecified atom stereocenters. The number of methoxy groups -OCH3 is 1. The summed E-state index contributed by atoms with van der Waals surface area (Å²) in [6, 6.07) is 7.31. The van der Waals surface area contributed by atoms with Crippen LogP contribution in [-0.2, 0) is 9.53 Å². The number of imidazole rings is 1. The second kappa shape index (κ2) is 11.2. The molecule has 200 valence electrons. The molecule has 4 heterocycles. The number of benzene rings is 1. The standard InChI is InChI=1S/C28H34N6O4/c1-4-24(35)33-12-6-5-7-21(18-33)34-25-22(8-9-23-26(25)38-16-14-32(23)13-15-37-3)30-28(34)31-27(36)20-10-11-29-19(2)17-20/h4,8-11,17,21H,1,5-7,12-16,18H2,2-3H3,(H,30,31,36)/t21-/m1/s1. The summed E-state index contributed by atoms with van der Waals surface area (Å²) in [4.78, 5) is 39.1. The number of fused-ring (bicyclic) bond motifs is 3. The zero-order chi connectivity index (χ0) is 26.6. The van der Waals surface area contributed by atoms with Crippen molar-refractivity contribution in [2.45, 2.75) is 32.2 Å². The Morgan fingerprint density at radius 1 is 1.26 bits per heavy atom. The molecule has 10 heteroatoms. The van der Waals surface area contributed by atoms with Gasteiger partial charge in [-0.15, -0.1) is 0 Å². The molecule has 1 N–H and O–H groups in total. The van der Waals surface area contributed by atoms with E-state index in [4.69, 9.17) is 14.5 Å². The quantitative estimate of drug-likeness (QED) is 0.477. The van der Waals surface area contributed by atoms with Gasteiger partial charge < -0.3 is 23.8 Å². The first-order chi connectivity index (χ1) is 18.5. The summed E-state index contributed by atoms with van der Waals surface area (Å²) in [7, 11) is 1.70. The summed E-state index contributed by atoms with van der Waals surface area (Å²) in [5, 5.41) is 3.04. The number of likely N-dealkylation sites (tertiary alicyclic amines) is 1. The first-order valence-corrected chi connectivity index (χ1v) is 13.1. The lowest BCUT2D eigenvalue weighted by atomic mass is 10.1. The topological polar surface area (TPSA) is 102 Å². The highest BCUT2D eigenvalue weighted by molar-refractivity contribution is 6.04. The van der Waals surface area contributed by atoms with E-state index in [-0.39, 0.29) is 17.9 Å². The van der Waals surface area contributed by atoms with Crippen molar-refractivity contribution in [3.63, 3.8) is 0 Å². The predicted molar refractivity (Wildman–Crippen MR) is 146 cm³/mol. The van der Waals surface area contributed by atoms with Crippen LogP contribution in [0.4, 0.5) is 11.6 Å². The van der Waals surface area contributed by atoms with Crippen molar-refractivity contribution >= 4 is 34.5 Å². The van der Waals surface area contributed by atoms with Gasteiger partial charge in [0.25, 0.3) is 5.91 Å². The van der Waals surface area contributed by atoms with Gasteiger partial charge >= 0.3 is 0 Å². The third-order valence-corrected chi connectivity index (χ3v) is 7.18. The summed E-state index contributed by atoms with van der Waals surface area (Å²) in [6.45, 7) is 9.32. The Kier molecular flexibility index (Phi) is 7.59. The minimum Gasteiger partial charge on any atom is -0.487 e. The average Bonchev–Trinajstić information content (AvgIpc) is 3.12. The van der Waals surface area contributed by atoms with Crippen LogP contribution in [0.25, 0.3) is 11.0 Å². The van der Waals surface area contributed by atoms with Gasteiger partial charge in [0.15, 0.2) is 5.75 Å². The second-order valence-electron chi connectivity index (χ2n) is 9.69. The molecule has 1 aromatic carbocycles. The van der Waals surface area contributed by atoms with Crippen molar-refractivity contribution in [3.8, 4) is 5.75 Å². The van der Waals surface area contributed by atoms with Gasteiger partial charge in [-0.1, -0.05) is 6.58 Å². The SMILES string of the molecule is C=CC(=O)N1CCCC[C@@H](n2c(NC(=O)c3ccnc(C)c3)nc3ccc4c(c32)OCCN4CCOC)C1. The molecule has 3 aromatic rings. The van der Waals surface area contributed by atoms with E-state index in [1.54, 1.807) is 25.4 Å². The molecule has 10 nitrogen and oxygen atoms in total. The largest absolute Gasteiger partial charge is 0.487 e. The molecule has 1 atom stereocenters. The van der Waals surface area contributed by atoms with Crippen molar-refractivity contribution in [2.24, 2.45) is 0 Å². The summed E-state index contributed by atoms with van der Waals surface area (Å²) < 4.78 is 13.7. The molecule has 2 amide bonds. The smallest absolute Gasteiger partial charge is 0.258 e. The van der Waals surface area contributed by atoms with Crippen molar-refractivity contribution in [1.29, 1.82) is 0 Å². The lowest BCUT2D eigenvalue weighted by Crippen LogP contribution is -2.36. The molecule has 2 aliphatic heterocycles. The van der Waals surface area contributed by atoms with Crippen LogP contribution < -0.4 is 15.0 Å². The Morgan fingerprint density at radius 2 is 2.13 bits per heavy atom. The van der Waals surface area contributed by atoms with Crippen LogP contribution in [0.1, 0.15) is 41.4 Å². The van der Waals surface area contributed by atoms with Gasteiger partial charge in [0, 0.05) is 44.2 Å². The van der Waals surface area contributed by atoms with Gasteiger partial charge in [-0.25, -0.2) is 4.98 Å². The zero-order valence-corrected chi connectivity index (χ0v) is 22.0. The van der Waals surface area contributed by atoms with Gasteiger partial charge in [0.2, 0.25) is 11.9 Å². The molecule has 0 radical (unpaired) electrons. The normalized spacial score (nSPS) is 17.5. The number of hydrogen-bond donors (Lipinski definition) is 1. The maximum Gasteiger partial charge on any atom is 0.258 e. The molecule has 5 rings (SSSR count). The van der Waals surface area contributed by atoms with Gasteiger partial charge in [-0.3, -0.25) is 19.9 Å². The van der Waals surface area contributed by atoms with Gasteiger partial charge in [0.05, 0.1) is 30.4 Å². The number of pyridine rings is 1. The van der Waals surface area contributed by atoms with E-state index in [1.807, 2.05) is 24.0 Å². The van der Waals surface area contributed by atoms with Crippen LogP contribution in [0.5, 0.6) is 5.75 Å². The Morgan fingerprint density at radius 3 is 2.92 bits per heavy atom. The monoisotopic (exact) mass is 518 g/mol. The lowest BCUT2D eigenvalue weighted by molar-refractivity contribution is -0.126. The molecule has 2 aromatic heterocycles. The molecule has 2 aliphatic rings. The molecule has 0 aliphatic carbocycles. The minimum atomic E-state index is -0.267. The molecule has 0 spiro atoms. The molecule has 38 heavy (non-hydrogen) atoms. The van der Waals surface area contributed by atoms with Gasteiger partial charge in [-0.05, 0) is 56.5 Å². The number of carbonyl (C=O) groups is 2. The Hall–Kier alpha value is -3.92. The summed E-state index contributed by atoms with van der Waals surface area (Å²) in [6.07, 6.45) is 5.66. The van der Waals surface area contributed by atoms with Crippen LogP contribution in [-0.4, -0.2) is 77.8 Å². The first-order valence-electron chi connectivity index (χ1n) is 13.1. The number of amides is 2. The van der Waals surface area contributed by atoms with Crippen LogP contribution >= 0.6 is 0 Å². The Balaban J connectivity index is 1.62. The third-order valence-electron chi connectivity index (χ3n) is 7.18. The number of nitrogens with one attached hydrogen (secondary N) is 1. The van der Waals surface area contributed by atoms with Gasteiger partial charge in [-0.2, -0.15) is 0 Å². The molecule has 0 saturated carbocycles. The van der Waals surface area contributed by atoms with Crippen molar-refractivity contribution in [2.75, 3.05) is 56.7 Å². The molecular formula is C28H34N6O4. The number of aromatic nitrogens is 3. The molecule has 1 fully saturated rings. The molecule has 1 saturated heterocycles. The van der Waals surface area contributed by atoms with E-state index in [9.17, 15) is 9.59 Å². The van der Waals surface area contributed by atoms with E-state index in [2.05, 4.69) is 26.3 Å². The summed E-state index contributed by atoms with van der Waals surface area (Å²) >= 11 is 0. The fourth-order valence-corrected chi connectivity index (χ4v) is 5.31. The number of hydrogen-bond acceptors (Lipinski definition) is 7. The lowest BCUT2D eigenvalue weighted by Gasteiger charge is -2.32. The maximum absolute atomic E-state index is 13.3. The predicted octanol–water partition coefficient (Wildman–Crippen LogP) is 3.58. The van der Waals surface area contributed by atoms with Crippen LogP contribution in [0.3, 0.4) is 0 Å². The fourth-order valence-electron chi connectivity index (χ4n) is 5.31. The van der Waals surface area contributed by atoms with E-state index in [0.717, 1.165) is 60.5 Å².